The number of cyclic esters (lactones) is 1. The van der Waals surface area contributed by atoms with Crippen LogP contribution in [0.2, 0.25) is 0 Å². The highest BCUT2D eigenvalue weighted by molar-refractivity contribution is 6.00. The summed E-state index contributed by atoms with van der Waals surface area (Å²) in [6, 6.07) is 11.0. The van der Waals surface area contributed by atoms with Gasteiger partial charge in [0.2, 0.25) is 0 Å². The predicted molar refractivity (Wildman–Crippen MR) is 219 cm³/mol. The van der Waals surface area contributed by atoms with Crippen molar-refractivity contribution in [3.05, 3.63) is 42.1 Å². The van der Waals surface area contributed by atoms with E-state index in [1.54, 1.807) is 18.7 Å². The number of para-hydroxylation sites is 1. The first-order chi connectivity index (χ1) is 27.4. The average Bonchev–Trinajstić information content (AvgIpc) is 3.50. The lowest BCUT2D eigenvalue weighted by Gasteiger charge is -2.47. The Labute approximate surface area is 344 Å². The number of aliphatic hydroxyl groups is 1. The van der Waals surface area contributed by atoms with Crippen LogP contribution < -0.4 is 0 Å². The maximum Gasteiger partial charge on any atom is 0.410 e. The molecule has 1 aromatic heterocycles. The molecule has 0 aliphatic carbocycles. The number of aromatic nitrogens is 1. The Hall–Kier alpha value is -3.49. The first-order valence-corrected chi connectivity index (χ1v) is 21.3. The Balaban J connectivity index is 1.48. The normalized spacial score (nSPS) is 36.8. The molecule has 1 aromatic carbocycles. The zero-order valence-corrected chi connectivity index (χ0v) is 36.4. The summed E-state index contributed by atoms with van der Waals surface area (Å²) >= 11 is 0. The molecule has 13 atom stereocenters. The Bertz CT molecular complexity index is 1770. The van der Waals surface area contributed by atoms with E-state index in [1.165, 1.54) is 14.0 Å². The van der Waals surface area contributed by atoms with E-state index in [9.17, 15) is 24.3 Å². The zero-order valence-electron chi connectivity index (χ0n) is 36.4. The molecule has 13 heteroatoms. The van der Waals surface area contributed by atoms with Gasteiger partial charge in [0.05, 0.1) is 29.4 Å². The van der Waals surface area contributed by atoms with Crippen molar-refractivity contribution in [1.29, 1.82) is 0 Å². The predicted octanol–water partition coefficient (Wildman–Crippen LogP) is 6.15. The molecule has 4 heterocycles. The van der Waals surface area contributed by atoms with Crippen molar-refractivity contribution in [1.82, 2.24) is 14.8 Å². The largest absolute Gasteiger partial charge is 0.457 e. The van der Waals surface area contributed by atoms with E-state index in [4.69, 9.17) is 28.7 Å². The molecule has 2 aromatic rings. The number of benzene rings is 1. The fourth-order valence-electron chi connectivity index (χ4n) is 9.83. The Morgan fingerprint density at radius 3 is 2.33 bits per heavy atom. The van der Waals surface area contributed by atoms with Crippen LogP contribution in [0.5, 0.6) is 0 Å². The minimum Gasteiger partial charge on any atom is -0.457 e. The van der Waals surface area contributed by atoms with E-state index < -0.39 is 83.4 Å². The van der Waals surface area contributed by atoms with Crippen LogP contribution in [0.15, 0.2) is 36.4 Å². The molecule has 13 nitrogen and oxygen atoms in total. The van der Waals surface area contributed by atoms with E-state index >= 15 is 0 Å². The minimum absolute atomic E-state index is 0.130. The SMILES string of the molecule is CC[C@H]1OC(=O)[C@H](C)C(=O)[C@H](C)[C@@H](OC2O[C@H](C)C[C@H](N(C)C)[C@H]2O)[C@](C)(OC)C[C@@H](C)C(=O)[C@H](C)[C@H]2N(CCCCc3ccc4ccccc4n3)C(=O)O[C@]12CC. The molecule has 0 saturated carbocycles. The van der Waals surface area contributed by atoms with Crippen LogP contribution in [0.4, 0.5) is 4.79 Å². The first kappa shape index (κ1) is 45.6. The van der Waals surface area contributed by atoms with Gasteiger partial charge in [0.1, 0.15) is 23.9 Å². The number of likely N-dealkylation sites (N-methyl/N-ethyl adjacent to an activating group) is 1. The molecule has 3 saturated heterocycles. The minimum atomic E-state index is -1.35. The van der Waals surface area contributed by atoms with Gasteiger partial charge >= 0.3 is 12.1 Å². The van der Waals surface area contributed by atoms with Crippen LogP contribution in [-0.4, -0.2) is 125 Å². The lowest BCUT2D eigenvalue weighted by Crippen LogP contribution is -2.61. The van der Waals surface area contributed by atoms with Gasteiger partial charge in [0.25, 0.3) is 0 Å². The molecule has 0 bridgehead atoms. The van der Waals surface area contributed by atoms with E-state index in [0.717, 1.165) is 23.0 Å². The Morgan fingerprint density at radius 1 is 0.966 bits per heavy atom. The summed E-state index contributed by atoms with van der Waals surface area (Å²) in [5.41, 5.74) is -0.727. The van der Waals surface area contributed by atoms with Crippen molar-refractivity contribution in [2.45, 2.75) is 154 Å². The molecule has 3 aliphatic heterocycles. The molecule has 1 amide bonds. The van der Waals surface area contributed by atoms with E-state index in [-0.39, 0.29) is 37.2 Å². The Morgan fingerprint density at radius 2 is 1.67 bits per heavy atom. The van der Waals surface area contributed by atoms with Crippen LogP contribution in [0, 0.1) is 23.7 Å². The number of pyridine rings is 1. The molecule has 5 rings (SSSR count). The number of ether oxygens (including phenoxy) is 5. The number of Topliss-reactive ketones (excluding diaryl/α,β-unsaturated/α-hetero) is 2. The molecule has 1 unspecified atom stereocenters. The highest BCUT2D eigenvalue weighted by atomic mass is 16.7. The maximum atomic E-state index is 14.8. The number of rotatable bonds is 11. The number of carbonyl (C=O) groups is 4. The molecule has 58 heavy (non-hydrogen) atoms. The summed E-state index contributed by atoms with van der Waals surface area (Å²) in [5, 5.41) is 12.5. The van der Waals surface area contributed by atoms with Crippen molar-refractivity contribution >= 4 is 34.5 Å². The third-order valence-corrected chi connectivity index (χ3v) is 13.2. The highest BCUT2D eigenvalue weighted by Crippen LogP contribution is 2.45. The van der Waals surface area contributed by atoms with Crippen LogP contribution in [0.3, 0.4) is 0 Å². The van der Waals surface area contributed by atoms with Gasteiger partial charge in [-0.25, -0.2) is 4.79 Å². The third kappa shape index (κ3) is 9.13. The van der Waals surface area contributed by atoms with Gasteiger partial charge in [-0.2, -0.15) is 0 Å². The second-order valence-electron chi connectivity index (χ2n) is 17.5. The molecule has 0 spiro atoms. The van der Waals surface area contributed by atoms with Crippen molar-refractivity contribution in [3.8, 4) is 0 Å². The standard InChI is InChI=1S/C45H67N3O10/c1-12-35-45(13-2)39(48(43(53)58-45)23-17-16-19-32-22-21-31-18-14-15-20-33(31)46-32)28(5)36(49)26(3)25-44(8,54-11)40(29(6)37(50)30(7)41(52)56-35)57-42-38(51)34(47(9)10)24-27(4)55-42/h14-15,18,20-22,26-30,34-35,38-40,42,51H,12-13,16-17,19,23-25H2,1-11H3/t26-,27-,28+,29+,30-,34+,35-,38-,39-,40-,42?,44-,45-/m1/s1. The number of amides is 1. The second kappa shape index (κ2) is 18.8. The van der Waals surface area contributed by atoms with E-state index in [2.05, 4.69) is 6.07 Å². The maximum absolute atomic E-state index is 14.8. The first-order valence-electron chi connectivity index (χ1n) is 21.3. The molecular weight excluding hydrogens is 743 g/mol. The lowest BCUT2D eigenvalue weighted by molar-refractivity contribution is -0.295. The van der Waals surface area contributed by atoms with Gasteiger partial charge in [-0.05, 0) is 91.9 Å². The number of unbranched alkanes of at least 4 members (excludes halogenated alkanes) is 1. The summed E-state index contributed by atoms with van der Waals surface area (Å²) < 4.78 is 31.5. The van der Waals surface area contributed by atoms with Gasteiger partial charge in [-0.1, -0.05) is 58.9 Å². The summed E-state index contributed by atoms with van der Waals surface area (Å²) in [7, 11) is 5.26. The van der Waals surface area contributed by atoms with Crippen LogP contribution >= 0.6 is 0 Å². The smallest absolute Gasteiger partial charge is 0.410 e. The lowest BCUT2D eigenvalue weighted by atomic mass is 9.72. The summed E-state index contributed by atoms with van der Waals surface area (Å²) in [4.78, 5) is 65.6. The third-order valence-electron chi connectivity index (χ3n) is 13.2. The van der Waals surface area contributed by atoms with Gasteiger partial charge in [-0.3, -0.25) is 19.4 Å². The van der Waals surface area contributed by atoms with E-state index in [1.807, 2.05) is 83.9 Å². The number of fused-ring (bicyclic) bond motifs is 2. The second-order valence-corrected chi connectivity index (χ2v) is 17.5. The summed E-state index contributed by atoms with van der Waals surface area (Å²) in [5.74, 6) is -4.87. The van der Waals surface area contributed by atoms with Crippen LogP contribution in [0.1, 0.15) is 99.6 Å². The highest BCUT2D eigenvalue weighted by Gasteiger charge is 2.62. The van der Waals surface area contributed by atoms with Gasteiger partial charge < -0.3 is 38.6 Å². The fourth-order valence-corrected chi connectivity index (χ4v) is 9.83. The molecular formula is C45H67N3O10. The number of aliphatic hydroxyl groups excluding tert-OH is 1. The van der Waals surface area contributed by atoms with Crippen molar-refractivity contribution in [3.63, 3.8) is 0 Å². The van der Waals surface area contributed by atoms with E-state index in [0.29, 0.717) is 25.8 Å². The van der Waals surface area contributed by atoms with Crippen LogP contribution in [-0.2, 0) is 44.5 Å². The summed E-state index contributed by atoms with van der Waals surface area (Å²) in [6.45, 7) is 14.6. The molecule has 3 aliphatic rings. The van der Waals surface area contributed by atoms with Gasteiger partial charge in [0, 0.05) is 48.5 Å². The average molecular weight is 810 g/mol. The monoisotopic (exact) mass is 809 g/mol. The molecule has 322 valence electrons. The number of methoxy groups -OCH3 is 1. The van der Waals surface area contributed by atoms with Crippen LogP contribution in [0.25, 0.3) is 10.9 Å². The van der Waals surface area contributed by atoms with Gasteiger partial charge in [-0.15, -0.1) is 0 Å². The Kier molecular flexibility index (Phi) is 14.8. The number of aryl methyl sites for hydroxylation is 1. The van der Waals surface area contributed by atoms with Crippen molar-refractivity contribution in [2.24, 2.45) is 23.7 Å². The number of esters is 1. The number of hydrogen-bond acceptors (Lipinski definition) is 12. The molecule has 0 radical (unpaired) electrons. The van der Waals surface area contributed by atoms with Crippen molar-refractivity contribution in [2.75, 3.05) is 27.7 Å². The number of hydrogen-bond donors (Lipinski definition) is 1. The quantitative estimate of drug-likeness (QED) is 0.157. The number of carbonyl (C=O) groups excluding carboxylic acids is 4. The fraction of sp³-hybridized carbons (Fsp3) is 0.711. The summed E-state index contributed by atoms with van der Waals surface area (Å²) in [6.07, 6.45) is -1.61. The topological polar surface area (TPSA) is 154 Å². The zero-order chi connectivity index (χ0) is 42.7. The number of nitrogens with zero attached hydrogens (tertiary/aromatic N) is 3. The number of ketones is 2. The molecule has 1 N–H and O–H groups in total. The van der Waals surface area contributed by atoms with Crippen molar-refractivity contribution < 1.29 is 48.0 Å². The molecule has 3 fully saturated rings. The van der Waals surface area contributed by atoms with Gasteiger partial charge in [0.15, 0.2) is 17.7 Å².